The second-order valence-electron chi connectivity index (χ2n) is 3.73. The van der Waals surface area contributed by atoms with E-state index >= 15 is 0 Å². The van der Waals surface area contributed by atoms with Crippen molar-refractivity contribution in [2.45, 2.75) is 25.1 Å². The van der Waals surface area contributed by atoms with Crippen LogP contribution in [0.4, 0.5) is 0 Å². The third-order valence-electron chi connectivity index (χ3n) is 2.43. The molecule has 1 rings (SSSR count). The number of benzene rings is 1. The summed E-state index contributed by atoms with van der Waals surface area (Å²) < 4.78 is 0. The van der Waals surface area contributed by atoms with Crippen LogP contribution >= 0.6 is 15.9 Å². The van der Waals surface area contributed by atoms with Gasteiger partial charge in [0, 0.05) is 5.56 Å². The van der Waals surface area contributed by atoms with Gasteiger partial charge in [0.05, 0.1) is 11.2 Å². The molecule has 0 bridgehead atoms. The molecule has 0 aromatic heterocycles. The predicted molar refractivity (Wildman–Crippen MR) is 65.2 cm³/mol. The summed E-state index contributed by atoms with van der Waals surface area (Å²) in [4.78, 5) is 21.7. The number of ketones is 1. The number of carbonyl (C=O) groups excluding carboxylic acids is 1. The summed E-state index contributed by atoms with van der Waals surface area (Å²) in [6.07, 6.45) is -0.203. The lowest BCUT2D eigenvalue weighted by Gasteiger charge is -2.08. The molecule has 0 radical (unpaired) electrons. The van der Waals surface area contributed by atoms with Gasteiger partial charge in [0.2, 0.25) is 0 Å². The minimum Gasteiger partial charge on any atom is -0.481 e. The van der Waals surface area contributed by atoms with Gasteiger partial charge in [-0.3, -0.25) is 9.59 Å². The van der Waals surface area contributed by atoms with Crippen molar-refractivity contribution in [1.29, 1.82) is 0 Å². The van der Waals surface area contributed by atoms with Crippen molar-refractivity contribution in [1.82, 2.24) is 0 Å². The fourth-order valence-electron chi connectivity index (χ4n) is 1.32. The molecular formula is C12H13BrO3. The van der Waals surface area contributed by atoms with Gasteiger partial charge in [0.1, 0.15) is 0 Å². The third-order valence-corrected chi connectivity index (χ3v) is 3.17. The molecule has 0 aliphatic carbocycles. The largest absolute Gasteiger partial charge is 0.481 e. The maximum Gasteiger partial charge on any atom is 0.304 e. The van der Waals surface area contributed by atoms with E-state index in [1.165, 1.54) is 0 Å². The molecule has 0 aliphatic heterocycles. The molecule has 16 heavy (non-hydrogen) atoms. The summed E-state index contributed by atoms with van der Waals surface area (Å²) in [5.74, 6) is -1.18. The van der Waals surface area contributed by atoms with Crippen LogP contribution in [-0.2, 0) is 4.79 Å². The molecule has 0 saturated carbocycles. The number of Topliss-reactive ketones (excluding diaryl/α,β-unsaturated/α-hetero) is 1. The Morgan fingerprint density at radius 2 is 1.94 bits per heavy atom. The van der Waals surface area contributed by atoms with E-state index < -0.39 is 10.8 Å². The van der Waals surface area contributed by atoms with Crippen molar-refractivity contribution >= 4 is 27.7 Å². The Morgan fingerprint density at radius 1 is 1.31 bits per heavy atom. The van der Waals surface area contributed by atoms with E-state index in [1.807, 2.05) is 19.9 Å². The fraction of sp³-hybridized carbons (Fsp3) is 0.333. The predicted octanol–water partition coefficient (Wildman–Crippen LogP) is 2.72. The summed E-state index contributed by atoms with van der Waals surface area (Å²) in [7, 11) is 0. The quantitative estimate of drug-likeness (QED) is 0.683. The average Bonchev–Trinajstić information content (AvgIpc) is 2.20. The second kappa shape index (κ2) is 5.25. The van der Waals surface area contributed by atoms with E-state index in [9.17, 15) is 9.59 Å². The van der Waals surface area contributed by atoms with Crippen LogP contribution < -0.4 is 0 Å². The number of hydrogen-bond donors (Lipinski definition) is 1. The van der Waals surface area contributed by atoms with Crippen molar-refractivity contribution in [3.05, 3.63) is 34.9 Å². The van der Waals surface area contributed by atoms with Gasteiger partial charge in [0.25, 0.3) is 0 Å². The highest BCUT2D eigenvalue weighted by Gasteiger charge is 2.20. The van der Waals surface area contributed by atoms with Crippen molar-refractivity contribution in [2.24, 2.45) is 0 Å². The van der Waals surface area contributed by atoms with E-state index in [2.05, 4.69) is 15.9 Å². The van der Waals surface area contributed by atoms with Crippen LogP contribution in [0.2, 0.25) is 0 Å². The topological polar surface area (TPSA) is 54.4 Å². The smallest absolute Gasteiger partial charge is 0.304 e. The molecule has 1 atom stereocenters. The SMILES string of the molecule is Cc1ccc(C(=O)[C@@H](Br)CC(=O)O)cc1C. The van der Waals surface area contributed by atoms with Crippen LogP contribution in [0.3, 0.4) is 0 Å². The van der Waals surface area contributed by atoms with Crippen molar-refractivity contribution < 1.29 is 14.7 Å². The van der Waals surface area contributed by atoms with Gasteiger partial charge in [-0.15, -0.1) is 0 Å². The lowest BCUT2D eigenvalue weighted by atomic mass is 10.0. The first kappa shape index (κ1) is 12.9. The number of hydrogen-bond acceptors (Lipinski definition) is 2. The molecule has 0 fully saturated rings. The second-order valence-corrected chi connectivity index (χ2v) is 4.83. The van der Waals surface area contributed by atoms with Gasteiger partial charge < -0.3 is 5.11 Å². The molecular weight excluding hydrogens is 272 g/mol. The molecule has 0 saturated heterocycles. The summed E-state index contributed by atoms with van der Waals surface area (Å²) >= 11 is 3.09. The molecule has 4 heteroatoms. The first-order valence-electron chi connectivity index (χ1n) is 4.89. The van der Waals surface area contributed by atoms with Gasteiger partial charge in [0.15, 0.2) is 5.78 Å². The van der Waals surface area contributed by atoms with Crippen LogP contribution in [0.15, 0.2) is 18.2 Å². The van der Waals surface area contributed by atoms with E-state index in [-0.39, 0.29) is 12.2 Å². The van der Waals surface area contributed by atoms with Gasteiger partial charge in [-0.25, -0.2) is 0 Å². The lowest BCUT2D eigenvalue weighted by Crippen LogP contribution is -2.18. The van der Waals surface area contributed by atoms with E-state index in [4.69, 9.17) is 5.11 Å². The summed E-state index contributed by atoms with van der Waals surface area (Å²) in [6.45, 7) is 3.89. The van der Waals surface area contributed by atoms with Crippen LogP contribution in [0, 0.1) is 13.8 Å². The third kappa shape index (κ3) is 3.17. The van der Waals surface area contributed by atoms with Crippen molar-refractivity contribution in [3.63, 3.8) is 0 Å². The number of carboxylic acids is 1. The van der Waals surface area contributed by atoms with Gasteiger partial charge in [-0.2, -0.15) is 0 Å². The molecule has 1 aromatic carbocycles. The van der Waals surface area contributed by atoms with E-state index in [1.54, 1.807) is 12.1 Å². The highest BCUT2D eigenvalue weighted by Crippen LogP contribution is 2.16. The zero-order chi connectivity index (χ0) is 12.3. The fourth-order valence-corrected chi connectivity index (χ4v) is 1.86. The van der Waals surface area contributed by atoms with Crippen LogP contribution in [0.1, 0.15) is 27.9 Å². The van der Waals surface area contributed by atoms with E-state index in [0.29, 0.717) is 5.56 Å². The Balaban J connectivity index is 2.88. The molecule has 86 valence electrons. The van der Waals surface area contributed by atoms with Crippen molar-refractivity contribution in [3.8, 4) is 0 Å². The van der Waals surface area contributed by atoms with Gasteiger partial charge >= 0.3 is 5.97 Å². The first-order valence-corrected chi connectivity index (χ1v) is 5.80. The molecule has 0 heterocycles. The minimum absolute atomic E-state index is 0.189. The highest BCUT2D eigenvalue weighted by atomic mass is 79.9. The molecule has 0 unspecified atom stereocenters. The van der Waals surface area contributed by atoms with Gasteiger partial charge in [-0.05, 0) is 31.0 Å². The number of aryl methyl sites for hydroxylation is 2. The average molecular weight is 285 g/mol. The molecule has 3 nitrogen and oxygen atoms in total. The molecule has 1 N–H and O–H groups in total. The highest BCUT2D eigenvalue weighted by molar-refractivity contribution is 9.10. The molecule has 0 amide bonds. The maximum absolute atomic E-state index is 11.8. The van der Waals surface area contributed by atoms with Crippen LogP contribution in [-0.4, -0.2) is 21.7 Å². The van der Waals surface area contributed by atoms with E-state index in [0.717, 1.165) is 11.1 Å². The number of rotatable bonds is 4. The summed E-state index contributed by atoms with van der Waals surface area (Å²) in [5.41, 5.74) is 2.69. The number of carboxylic acid groups (broad SMARTS) is 1. The Morgan fingerprint density at radius 3 is 2.44 bits per heavy atom. The Kier molecular flexibility index (Phi) is 4.24. The lowest BCUT2D eigenvalue weighted by molar-refractivity contribution is -0.136. The van der Waals surface area contributed by atoms with Crippen molar-refractivity contribution in [2.75, 3.05) is 0 Å². The normalized spacial score (nSPS) is 12.2. The standard InChI is InChI=1S/C12H13BrO3/c1-7-3-4-9(5-8(7)2)12(16)10(13)6-11(14)15/h3-5,10H,6H2,1-2H3,(H,14,15)/t10-/m0/s1. The Bertz CT molecular complexity index is 426. The minimum atomic E-state index is -0.987. The zero-order valence-electron chi connectivity index (χ0n) is 9.16. The Labute approximate surface area is 103 Å². The van der Waals surface area contributed by atoms with Crippen LogP contribution in [0.5, 0.6) is 0 Å². The maximum atomic E-state index is 11.8. The Hall–Kier alpha value is -1.16. The first-order chi connectivity index (χ1) is 7.41. The molecule has 0 aliphatic rings. The number of alkyl halides is 1. The zero-order valence-corrected chi connectivity index (χ0v) is 10.7. The summed E-state index contributed by atoms with van der Waals surface area (Å²) in [6, 6.07) is 5.37. The van der Waals surface area contributed by atoms with Crippen LogP contribution in [0.25, 0.3) is 0 Å². The number of halogens is 1. The molecule has 1 aromatic rings. The monoisotopic (exact) mass is 284 g/mol. The summed E-state index contributed by atoms with van der Waals surface area (Å²) in [5, 5.41) is 8.60. The van der Waals surface area contributed by atoms with Gasteiger partial charge in [-0.1, -0.05) is 28.1 Å². The number of aliphatic carboxylic acids is 1. The number of carbonyl (C=O) groups is 2. The molecule has 0 spiro atoms.